The van der Waals surface area contributed by atoms with E-state index in [-0.39, 0.29) is 95.2 Å². The monoisotopic (exact) mass is 1490 g/mol. The summed E-state index contributed by atoms with van der Waals surface area (Å²) in [5, 5.41) is 18.3. The largest absolute Gasteiger partial charge is 0.493 e. The van der Waals surface area contributed by atoms with Crippen LogP contribution in [0.1, 0.15) is 264 Å². The van der Waals surface area contributed by atoms with Crippen LogP contribution in [0.15, 0.2) is 36.4 Å². The van der Waals surface area contributed by atoms with Crippen LogP contribution < -0.4 is 60.3 Å². The minimum Gasteiger partial charge on any atom is -0.493 e. The van der Waals surface area contributed by atoms with Gasteiger partial charge in [-0.1, -0.05) is 0 Å². The lowest BCUT2D eigenvalue weighted by Crippen LogP contribution is -2.53. The van der Waals surface area contributed by atoms with E-state index in [1.54, 1.807) is 98.7 Å². The summed E-state index contributed by atoms with van der Waals surface area (Å²) in [6.07, 6.45) is 46.8. The van der Waals surface area contributed by atoms with Gasteiger partial charge in [-0.3, -0.25) is 14.4 Å². The second-order valence-corrected chi connectivity index (χ2v) is 29.7. The number of benzene rings is 3. The Hall–Kier alpha value is -9.96. The maximum Gasteiger partial charge on any atom is 0.407 e. The summed E-state index contributed by atoms with van der Waals surface area (Å²) in [6, 6.07) is 8.15. The molecule has 3 aromatic rings. The molecule has 0 radical (unpaired) electrons. The maximum atomic E-state index is 15.2. The minimum atomic E-state index is -0.693. The highest BCUT2D eigenvalue weighted by Gasteiger charge is 2.34. The summed E-state index contributed by atoms with van der Waals surface area (Å²) in [5.74, 6) is 17.2. The first kappa shape index (κ1) is 90.4. The van der Waals surface area contributed by atoms with Gasteiger partial charge in [0.25, 0.3) is 17.7 Å². The van der Waals surface area contributed by atoms with Crippen molar-refractivity contribution < 1.29 is 71.4 Å². The SMILES string of the molecule is C#CCCCCOc1cc(C(=O)NC2CC(NC(=O)c3cc(OCCCCC#C)c(CCCNC(=O)OC(C)(C)C)c(OCCCCC#C)c3)CC(NC(=O)c3cc(OCCCCC#C)c(CCCNC(=O)OC(C)(C)C)c(OCCCCC#C)c3)C2)cc(OCCCCC#C)c1CCCNC(=O)OC(C)(C)C. The fourth-order valence-corrected chi connectivity index (χ4v) is 11.6. The van der Waals surface area contributed by atoms with Crippen LogP contribution in [0.5, 0.6) is 34.5 Å². The fourth-order valence-electron chi connectivity index (χ4n) is 11.6. The molecule has 0 heterocycles. The molecule has 3 aromatic carbocycles. The lowest BCUT2D eigenvalue weighted by atomic mass is 9.86. The van der Waals surface area contributed by atoms with Gasteiger partial charge in [-0.05, 0) is 234 Å². The number of nitrogens with one attached hydrogen (secondary N) is 6. The predicted molar refractivity (Wildman–Crippen MR) is 424 cm³/mol. The van der Waals surface area contributed by atoms with Crippen LogP contribution in [-0.4, -0.2) is 130 Å². The molecule has 0 unspecified atom stereocenters. The van der Waals surface area contributed by atoms with Gasteiger partial charge in [-0.2, -0.15) is 0 Å². The first-order chi connectivity index (χ1) is 51.7. The van der Waals surface area contributed by atoms with Crippen molar-refractivity contribution in [3.63, 3.8) is 0 Å². The van der Waals surface area contributed by atoms with Gasteiger partial charge in [-0.25, -0.2) is 14.4 Å². The van der Waals surface area contributed by atoms with Gasteiger partial charge in [-0.15, -0.1) is 74.1 Å². The minimum absolute atomic E-state index is 0.230. The second-order valence-electron chi connectivity index (χ2n) is 29.7. The summed E-state index contributed by atoms with van der Waals surface area (Å²) in [4.78, 5) is 83.8. The molecule has 4 rings (SSSR count). The molecular formula is C87H120N6O15. The van der Waals surface area contributed by atoms with Gasteiger partial charge in [0.05, 0.1) is 39.6 Å². The summed E-state index contributed by atoms with van der Waals surface area (Å²) in [6.45, 7) is 18.7. The Bertz CT molecular complexity index is 3080. The van der Waals surface area contributed by atoms with Crippen LogP contribution in [0.4, 0.5) is 14.4 Å². The summed E-state index contributed by atoms with van der Waals surface area (Å²) >= 11 is 0. The molecule has 0 atom stereocenters. The average molecular weight is 1490 g/mol. The molecule has 0 aromatic heterocycles. The number of amides is 6. The van der Waals surface area contributed by atoms with E-state index in [0.717, 1.165) is 0 Å². The third-order valence-electron chi connectivity index (χ3n) is 16.7. The van der Waals surface area contributed by atoms with Crippen molar-refractivity contribution in [3.05, 3.63) is 69.8 Å². The zero-order chi connectivity index (χ0) is 79.2. The molecule has 108 heavy (non-hydrogen) atoms. The molecule has 1 saturated carbocycles. The summed E-state index contributed by atoms with van der Waals surface area (Å²) in [7, 11) is 0. The highest BCUT2D eigenvalue weighted by atomic mass is 16.6. The lowest BCUT2D eigenvalue weighted by Gasteiger charge is -2.36. The second kappa shape index (κ2) is 49.8. The van der Waals surface area contributed by atoms with Crippen molar-refractivity contribution in [2.45, 2.75) is 271 Å². The fraction of sp³-hybridized carbons (Fsp3) is 0.586. The molecule has 0 bridgehead atoms. The number of hydrogen-bond acceptors (Lipinski definition) is 15. The molecule has 1 aliphatic rings. The Morgan fingerprint density at radius 1 is 0.324 bits per heavy atom. The maximum absolute atomic E-state index is 15.2. The van der Waals surface area contributed by atoms with E-state index in [2.05, 4.69) is 67.4 Å². The number of alkyl carbamates (subject to hydrolysis) is 3. The van der Waals surface area contributed by atoms with Crippen LogP contribution in [0.3, 0.4) is 0 Å². The Kier molecular flexibility index (Phi) is 41.7. The number of hydrogen-bond donors (Lipinski definition) is 6. The average Bonchev–Trinajstić information content (AvgIpc) is 0.814. The van der Waals surface area contributed by atoms with E-state index in [9.17, 15) is 14.4 Å². The summed E-state index contributed by atoms with van der Waals surface area (Å²) in [5.41, 5.74) is 0.711. The molecule has 0 spiro atoms. The molecule has 588 valence electrons. The van der Waals surface area contributed by atoms with Gasteiger partial charge in [0.15, 0.2) is 0 Å². The first-order valence-corrected chi connectivity index (χ1v) is 38.4. The zero-order valence-corrected chi connectivity index (χ0v) is 65.7. The third-order valence-corrected chi connectivity index (χ3v) is 16.7. The van der Waals surface area contributed by atoms with E-state index >= 15 is 14.4 Å². The van der Waals surface area contributed by atoms with Gasteiger partial charge < -0.3 is 74.5 Å². The first-order valence-electron chi connectivity index (χ1n) is 38.4. The van der Waals surface area contributed by atoms with Crippen molar-refractivity contribution in [2.75, 3.05) is 59.3 Å². The Morgan fingerprint density at radius 2 is 0.519 bits per heavy atom. The van der Waals surface area contributed by atoms with Crippen LogP contribution in [-0.2, 0) is 33.5 Å². The number of carbonyl (C=O) groups excluding carboxylic acids is 6. The van der Waals surface area contributed by atoms with Gasteiger partial charge in [0.1, 0.15) is 51.3 Å². The quantitative estimate of drug-likeness (QED) is 0.0175. The lowest BCUT2D eigenvalue weighted by molar-refractivity contribution is 0.0515. The van der Waals surface area contributed by atoms with E-state index in [4.69, 9.17) is 81.2 Å². The van der Waals surface area contributed by atoms with Crippen LogP contribution >= 0.6 is 0 Å². The van der Waals surface area contributed by atoms with Gasteiger partial charge in [0, 0.05) is 110 Å². The van der Waals surface area contributed by atoms with E-state index in [1.807, 2.05) is 0 Å². The van der Waals surface area contributed by atoms with Crippen molar-refractivity contribution >= 4 is 36.0 Å². The van der Waals surface area contributed by atoms with Crippen molar-refractivity contribution in [1.82, 2.24) is 31.9 Å². The van der Waals surface area contributed by atoms with Crippen molar-refractivity contribution in [2.24, 2.45) is 0 Å². The molecule has 1 aliphatic carbocycles. The Morgan fingerprint density at radius 3 is 0.694 bits per heavy atom. The molecule has 0 saturated heterocycles. The van der Waals surface area contributed by atoms with Crippen LogP contribution in [0.25, 0.3) is 0 Å². The number of terminal acetylenes is 6. The Balaban J connectivity index is 1.89. The van der Waals surface area contributed by atoms with Crippen molar-refractivity contribution in [1.29, 1.82) is 0 Å². The molecule has 6 N–H and O–H groups in total. The number of ether oxygens (including phenoxy) is 9. The number of carbonyl (C=O) groups is 6. The van der Waals surface area contributed by atoms with Crippen LogP contribution in [0, 0.1) is 74.1 Å². The highest BCUT2D eigenvalue weighted by Crippen LogP contribution is 2.37. The van der Waals surface area contributed by atoms with E-state index < -0.39 is 70.9 Å². The Labute approximate surface area is 644 Å². The van der Waals surface area contributed by atoms with E-state index in [1.165, 1.54) is 0 Å². The molecular weight excluding hydrogens is 1370 g/mol. The van der Waals surface area contributed by atoms with Gasteiger partial charge >= 0.3 is 18.3 Å². The third kappa shape index (κ3) is 37.5. The standard InChI is InChI=1S/C87H120N6O15/c1-16-22-28-34-49-100-73-55-64(56-74(101-50-35-29-23-17-2)70(73)43-40-46-88-82(97)106-85(7,8)9)79(94)91-67-61-68(92-80(95)65-57-75(102-51-36-30-24-18-3)71(76(58-65)103-52-37-31-25-19-4)44-41-47-89-83(98)107-86(10,11)12)63-69(62-67)93-81(96)66-59-77(104-53-38-32-26-20-5)72(78(60-66)105-54-39-33-27-21-6)45-42-48-90-84(99)108-87(13,14)15/h1-6,55-60,67-69H,22-54,61-63H2,7-15H3,(H,88,97)(H,89,98)(H,90,99)(H,91,94)(H,92,95)(H,93,96). The van der Waals surface area contributed by atoms with E-state index in [0.29, 0.717) is 205 Å². The topological polar surface area (TPSA) is 258 Å². The molecule has 6 amide bonds. The molecule has 21 nitrogen and oxygen atoms in total. The smallest absolute Gasteiger partial charge is 0.407 e. The zero-order valence-electron chi connectivity index (χ0n) is 65.7. The summed E-state index contributed by atoms with van der Waals surface area (Å²) < 4.78 is 55.6. The molecule has 21 heteroatoms. The predicted octanol–water partition coefficient (Wildman–Crippen LogP) is 15.0. The molecule has 0 aliphatic heterocycles. The molecule has 1 fully saturated rings. The number of unbranched alkanes of at least 4 members (excludes halogenated alkanes) is 12. The highest BCUT2D eigenvalue weighted by molar-refractivity contribution is 5.97. The normalized spacial score (nSPS) is 13.9. The van der Waals surface area contributed by atoms with Crippen molar-refractivity contribution in [3.8, 4) is 109 Å². The van der Waals surface area contributed by atoms with Gasteiger partial charge in [0.2, 0.25) is 0 Å². The van der Waals surface area contributed by atoms with Crippen LogP contribution in [0.2, 0.25) is 0 Å². The number of rotatable bonds is 48.